The third-order valence-corrected chi connectivity index (χ3v) is 4.70. The van der Waals surface area contributed by atoms with E-state index in [-0.39, 0.29) is 11.8 Å². The zero-order valence-electron chi connectivity index (χ0n) is 14.1. The van der Waals surface area contributed by atoms with Gasteiger partial charge in [0.25, 0.3) is 0 Å². The Morgan fingerprint density at radius 2 is 1.56 bits per heavy atom. The van der Waals surface area contributed by atoms with Crippen LogP contribution in [0.2, 0.25) is 0 Å². The minimum absolute atomic E-state index is 0.0447. The van der Waals surface area contributed by atoms with Crippen molar-refractivity contribution >= 4 is 29.3 Å². The molecule has 1 saturated heterocycles. The number of nitrogens with one attached hydrogen (secondary N) is 2. The van der Waals surface area contributed by atoms with Crippen LogP contribution in [0.15, 0.2) is 24.3 Å². The molecule has 146 valence electrons. The summed E-state index contributed by atoms with van der Waals surface area (Å²) >= 11 is 0. The third kappa shape index (κ3) is 4.50. The lowest BCUT2D eigenvalue weighted by Gasteiger charge is -2.18. The van der Waals surface area contributed by atoms with Crippen LogP contribution in [0.3, 0.4) is 0 Å². The second-order valence-electron chi connectivity index (χ2n) is 6.77. The van der Waals surface area contributed by atoms with E-state index < -0.39 is 43.1 Å². The molecule has 1 aromatic carbocycles. The largest absolute Gasteiger partial charge is 0.481 e. The quantitative estimate of drug-likeness (QED) is 0.742. The number of urea groups is 1. The van der Waals surface area contributed by atoms with Gasteiger partial charge in [0.1, 0.15) is 0 Å². The molecule has 0 radical (unpaired) electrons. The molecular weight excluding hydrogens is 367 g/mol. The number of carboxylic acids is 1. The number of anilines is 2. The highest BCUT2D eigenvalue weighted by Crippen LogP contribution is 2.38. The fraction of sp³-hybridized carbons (Fsp3) is 0.471. The lowest BCUT2D eigenvalue weighted by Crippen LogP contribution is -2.35. The van der Waals surface area contributed by atoms with Crippen LogP contribution in [-0.4, -0.2) is 47.2 Å². The number of alkyl halides is 3. The van der Waals surface area contributed by atoms with Gasteiger partial charge in [-0.2, -0.15) is 13.2 Å². The molecule has 3 rings (SSSR count). The van der Waals surface area contributed by atoms with Crippen LogP contribution in [0.25, 0.3) is 0 Å². The van der Waals surface area contributed by atoms with Crippen molar-refractivity contribution in [1.82, 2.24) is 4.90 Å². The summed E-state index contributed by atoms with van der Waals surface area (Å²) in [7, 11) is 0. The van der Waals surface area contributed by atoms with Gasteiger partial charge in [0.05, 0.1) is 11.8 Å². The van der Waals surface area contributed by atoms with Gasteiger partial charge in [-0.15, -0.1) is 0 Å². The Morgan fingerprint density at radius 3 is 2.00 bits per heavy atom. The van der Waals surface area contributed by atoms with Gasteiger partial charge in [-0.25, -0.2) is 4.79 Å². The molecule has 27 heavy (non-hydrogen) atoms. The maximum absolute atomic E-state index is 13.0. The Hall–Kier alpha value is -2.78. The SMILES string of the molecule is O=C(Nc1ccc(NC(=O)N2C[C@@H](C(F)(F)F)[C@H](C(=O)O)C2)cc1)C1CC1. The van der Waals surface area contributed by atoms with Crippen molar-refractivity contribution in [2.24, 2.45) is 17.8 Å². The number of hydrogen-bond acceptors (Lipinski definition) is 3. The van der Waals surface area contributed by atoms with E-state index in [1.807, 2.05) is 0 Å². The number of halogens is 3. The standard InChI is InChI=1S/C17H18F3N3O4/c18-17(19,20)13-8-23(7-12(13)15(25)26)16(27)22-11-5-3-10(4-6-11)21-14(24)9-1-2-9/h3-6,9,12-13H,1-2,7-8H2,(H,21,24)(H,22,27)(H,25,26)/t12-,13-/m1/s1. The van der Waals surface area contributed by atoms with E-state index in [9.17, 15) is 27.6 Å². The van der Waals surface area contributed by atoms with Crippen LogP contribution in [-0.2, 0) is 9.59 Å². The van der Waals surface area contributed by atoms with Crippen LogP contribution in [0.1, 0.15) is 12.8 Å². The Labute approximate surface area is 152 Å². The van der Waals surface area contributed by atoms with Crippen molar-refractivity contribution in [3.63, 3.8) is 0 Å². The number of amides is 3. The molecule has 1 heterocycles. The van der Waals surface area contributed by atoms with Gasteiger partial charge in [-0.3, -0.25) is 9.59 Å². The van der Waals surface area contributed by atoms with E-state index in [1.54, 1.807) is 12.1 Å². The summed E-state index contributed by atoms with van der Waals surface area (Å²) in [5.41, 5.74) is 0.876. The maximum Gasteiger partial charge on any atom is 0.394 e. The minimum Gasteiger partial charge on any atom is -0.481 e. The number of hydrogen-bond donors (Lipinski definition) is 3. The molecule has 2 aliphatic rings. The van der Waals surface area contributed by atoms with Gasteiger partial charge in [0, 0.05) is 30.4 Å². The molecule has 2 atom stereocenters. The number of nitrogens with zero attached hydrogens (tertiary/aromatic N) is 1. The van der Waals surface area contributed by atoms with Crippen molar-refractivity contribution in [1.29, 1.82) is 0 Å². The van der Waals surface area contributed by atoms with Crippen molar-refractivity contribution in [3.8, 4) is 0 Å². The van der Waals surface area contributed by atoms with Crippen LogP contribution in [0.5, 0.6) is 0 Å². The first-order valence-electron chi connectivity index (χ1n) is 8.41. The third-order valence-electron chi connectivity index (χ3n) is 4.70. The fourth-order valence-corrected chi connectivity index (χ4v) is 2.98. The summed E-state index contributed by atoms with van der Waals surface area (Å²) < 4.78 is 39.0. The molecule has 0 bridgehead atoms. The topological polar surface area (TPSA) is 98.7 Å². The molecule has 1 aromatic rings. The fourth-order valence-electron chi connectivity index (χ4n) is 2.98. The van der Waals surface area contributed by atoms with Crippen LogP contribution >= 0.6 is 0 Å². The second kappa shape index (κ2) is 7.09. The smallest absolute Gasteiger partial charge is 0.394 e. The van der Waals surface area contributed by atoms with E-state index >= 15 is 0 Å². The molecule has 1 aliphatic carbocycles. The van der Waals surface area contributed by atoms with E-state index in [4.69, 9.17) is 5.11 Å². The van der Waals surface area contributed by atoms with Gasteiger partial charge < -0.3 is 20.6 Å². The summed E-state index contributed by atoms with van der Waals surface area (Å²) in [4.78, 5) is 35.8. The van der Waals surface area contributed by atoms with Crippen LogP contribution in [0, 0.1) is 17.8 Å². The first-order valence-corrected chi connectivity index (χ1v) is 8.41. The molecule has 1 saturated carbocycles. The summed E-state index contributed by atoms with van der Waals surface area (Å²) in [6, 6.07) is 5.35. The average molecular weight is 385 g/mol. The normalized spacial score (nSPS) is 22.4. The molecule has 10 heteroatoms. The molecular formula is C17H18F3N3O4. The molecule has 2 fully saturated rings. The number of aliphatic carboxylic acids is 1. The predicted octanol–water partition coefficient (Wildman–Crippen LogP) is 2.76. The predicted molar refractivity (Wildman–Crippen MR) is 89.1 cm³/mol. The van der Waals surface area contributed by atoms with Crippen molar-refractivity contribution in [2.75, 3.05) is 23.7 Å². The zero-order valence-corrected chi connectivity index (χ0v) is 14.1. The first kappa shape index (κ1) is 19.0. The molecule has 7 nitrogen and oxygen atoms in total. The second-order valence-corrected chi connectivity index (χ2v) is 6.77. The lowest BCUT2D eigenvalue weighted by atomic mass is 9.96. The summed E-state index contributed by atoms with van der Waals surface area (Å²) in [5, 5.41) is 14.2. The molecule has 3 N–H and O–H groups in total. The number of rotatable bonds is 4. The Bertz CT molecular complexity index is 747. The van der Waals surface area contributed by atoms with Crippen molar-refractivity contribution < 1.29 is 32.7 Å². The minimum atomic E-state index is -4.69. The van der Waals surface area contributed by atoms with Gasteiger partial charge in [-0.05, 0) is 37.1 Å². The lowest BCUT2D eigenvalue weighted by molar-refractivity contribution is -0.187. The summed E-state index contributed by atoms with van der Waals surface area (Å²) in [5.74, 6) is -5.38. The van der Waals surface area contributed by atoms with Crippen molar-refractivity contribution in [2.45, 2.75) is 19.0 Å². The average Bonchev–Trinajstić information content (AvgIpc) is 3.32. The Morgan fingerprint density at radius 1 is 1.00 bits per heavy atom. The van der Waals surface area contributed by atoms with Gasteiger partial charge in [-0.1, -0.05) is 0 Å². The van der Waals surface area contributed by atoms with Crippen LogP contribution in [0.4, 0.5) is 29.3 Å². The molecule has 0 spiro atoms. The van der Waals surface area contributed by atoms with E-state index in [1.165, 1.54) is 12.1 Å². The zero-order chi connectivity index (χ0) is 19.8. The number of carbonyl (C=O) groups excluding carboxylic acids is 2. The molecule has 0 aromatic heterocycles. The summed E-state index contributed by atoms with van der Waals surface area (Å²) in [6.45, 7) is -1.22. The molecule has 1 aliphatic heterocycles. The highest BCUT2D eigenvalue weighted by Gasteiger charge is 2.53. The van der Waals surface area contributed by atoms with Gasteiger partial charge in [0.2, 0.25) is 5.91 Å². The number of carboxylic acid groups (broad SMARTS) is 1. The van der Waals surface area contributed by atoms with Crippen molar-refractivity contribution in [3.05, 3.63) is 24.3 Å². The van der Waals surface area contributed by atoms with Crippen LogP contribution < -0.4 is 10.6 Å². The number of carbonyl (C=O) groups is 3. The highest BCUT2D eigenvalue weighted by molar-refractivity contribution is 5.95. The number of benzene rings is 1. The first-order chi connectivity index (χ1) is 12.6. The summed E-state index contributed by atoms with van der Waals surface area (Å²) in [6.07, 6.45) is -2.96. The molecule has 0 unspecified atom stereocenters. The Balaban J connectivity index is 1.59. The van der Waals surface area contributed by atoms with E-state index in [0.717, 1.165) is 17.7 Å². The van der Waals surface area contributed by atoms with E-state index in [0.29, 0.717) is 11.4 Å². The highest BCUT2D eigenvalue weighted by atomic mass is 19.4. The monoisotopic (exact) mass is 385 g/mol. The van der Waals surface area contributed by atoms with Gasteiger partial charge >= 0.3 is 18.2 Å². The maximum atomic E-state index is 13.0. The number of likely N-dealkylation sites (tertiary alicyclic amines) is 1. The van der Waals surface area contributed by atoms with Gasteiger partial charge in [0.15, 0.2) is 0 Å². The van der Waals surface area contributed by atoms with E-state index in [2.05, 4.69) is 10.6 Å². The molecule has 3 amide bonds. The Kier molecular flexibility index (Phi) is 4.99.